The van der Waals surface area contributed by atoms with Crippen LogP contribution in [0, 0.1) is 10.1 Å². The molecule has 0 aliphatic carbocycles. The predicted octanol–water partition coefficient (Wildman–Crippen LogP) is 3.46. The number of unbranched alkanes of at least 4 members (excludes halogenated alkanes) is 1. The number of nitro groups is 1. The largest absolute Gasteiger partial charge is 0.344 e. The number of amides is 2. The monoisotopic (exact) mass is 381 g/mol. The molecule has 1 aliphatic heterocycles. The molecule has 1 saturated heterocycles. The highest BCUT2D eigenvalue weighted by Gasteiger charge is 2.37. The Morgan fingerprint density at radius 1 is 1.35 bits per heavy atom. The van der Waals surface area contributed by atoms with Crippen molar-refractivity contribution < 1.29 is 19.3 Å². The average molecular weight is 381 g/mol. The summed E-state index contributed by atoms with van der Waals surface area (Å²) in [6.45, 7) is 5.13. The van der Waals surface area contributed by atoms with Gasteiger partial charge in [0.15, 0.2) is 0 Å². The topological polar surface area (TPSA) is 93.0 Å². The smallest absolute Gasteiger partial charge is 0.312 e. The Morgan fingerprint density at radius 2 is 2.04 bits per heavy atom. The quantitative estimate of drug-likeness (QED) is 0.296. The van der Waals surface area contributed by atoms with Crippen LogP contribution in [0.4, 0.5) is 10.5 Å². The number of hydrogen-bond donors (Lipinski definition) is 0. The van der Waals surface area contributed by atoms with Gasteiger partial charge in [-0.3, -0.25) is 19.7 Å². The Kier molecular flexibility index (Phi) is 7.40. The van der Waals surface area contributed by atoms with Crippen molar-refractivity contribution in [3.05, 3.63) is 34.4 Å². The summed E-state index contributed by atoms with van der Waals surface area (Å²) in [5.41, 5.74) is -0.0234. The van der Waals surface area contributed by atoms with Crippen LogP contribution in [0.5, 0.6) is 0 Å². The molecule has 2 amide bonds. The van der Waals surface area contributed by atoms with E-state index in [1.165, 1.54) is 22.1 Å². The standard InChI is InChI=1S/C17H23N3O5S/c1-3-5-12-25-19-11-10-15(18(4-2)17(19)22)16(21)26-14-8-6-13(7-9-14)20(23)24/h6-9,15H,3-5,10-12H2,1-2H3/t15-/m0/s1. The maximum atomic E-state index is 12.6. The minimum absolute atomic E-state index is 0.0234. The normalized spacial score (nSPS) is 17.5. The molecule has 1 aromatic carbocycles. The Balaban J connectivity index is 1.99. The molecule has 2 rings (SSSR count). The summed E-state index contributed by atoms with van der Waals surface area (Å²) in [6.07, 6.45) is 2.34. The van der Waals surface area contributed by atoms with E-state index >= 15 is 0 Å². The first kappa shape index (κ1) is 20.2. The van der Waals surface area contributed by atoms with E-state index in [0.29, 0.717) is 31.0 Å². The van der Waals surface area contributed by atoms with Crippen molar-refractivity contribution in [2.24, 2.45) is 0 Å². The molecular weight excluding hydrogens is 358 g/mol. The summed E-state index contributed by atoms with van der Waals surface area (Å²) < 4.78 is 0. The minimum atomic E-state index is -0.529. The van der Waals surface area contributed by atoms with Gasteiger partial charge in [-0.25, -0.2) is 9.86 Å². The molecule has 0 saturated carbocycles. The van der Waals surface area contributed by atoms with Crippen molar-refractivity contribution in [3.8, 4) is 0 Å². The lowest BCUT2D eigenvalue weighted by Crippen LogP contribution is -2.56. The lowest BCUT2D eigenvalue weighted by molar-refractivity contribution is -0.384. The van der Waals surface area contributed by atoms with Gasteiger partial charge < -0.3 is 4.90 Å². The van der Waals surface area contributed by atoms with Gasteiger partial charge in [-0.05, 0) is 43.7 Å². The number of hydrogen-bond acceptors (Lipinski definition) is 6. The highest BCUT2D eigenvalue weighted by Crippen LogP contribution is 2.27. The molecule has 0 unspecified atom stereocenters. The van der Waals surface area contributed by atoms with Crippen molar-refractivity contribution in [2.75, 3.05) is 19.7 Å². The van der Waals surface area contributed by atoms with Crippen molar-refractivity contribution >= 4 is 28.6 Å². The molecule has 9 heteroatoms. The van der Waals surface area contributed by atoms with Crippen LogP contribution in [0.15, 0.2) is 29.2 Å². The number of nitrogens with zero attached hydrogens (tertiary/aromatic N) is 3. The summed E-state index contributed by atoms with van der Waals surface area (Å²) in [5, 5.41) is 11.9. The molecule has 1 atom stereocenters. The zero-order valence-corrected chi connectivity index (χ0v) is 15.7. The van der Waals surface area contributed by atoms with Crippen molar-refractivity contribution in [2.45, 2.75) is 44.0 Å². The van der Waals surface area contributed by atoms with Crippen LogP contribution in [0.25, 0.3) is 0 Å². The van der Waals surface area contributed by atoms with Gasteiger partial charge in [0, 0.05) is 23.6 Å². The molecule has 1 aromatic rings. The first-order valence-corrected chi connectivity index (χ1v) is 9.46. The first-order chi connectivity index (χ1) is 12.5. The van der Waals surface area contributed by atoms with Crippen LogP contribution < -0.4 is 0 Å². The summed E-state index contributed by atoms with van der Waals surface area (Å²) in [6, 6.07) is 4.99. The van der Waals surface area contributed by atoms with E-state index in [1.54, 1.807) is 12.1 Å². The predicted molar refractivity (Wildman–Crippen MR) is 97.7 cm³/mol. The van der Waals surface area contributed by atoms with Crippen LogP contribution in [0.2, 0.25) is 0 Å². The zero-order chi connectivity index (χ0) is 19.1. The molecule has 1 fully saturated rings. The molecule has 1 aliphatic rings. The third-order valence-electron chi connectivity index (χ3n) is 4.06. The average Bonchev–Trinajstić information content (AvgIpc) is 2.63. The fourth-order valence-corrected chi connectivity index (χ4v) is 3.51. The fraction of sp³-hybridized carbons (Fsp3) is 0.529. The number of nitro benzene ring substituents is 1. The Morgan fingerprint density at radius 3 is 2.62 bits per heavy atom. The highest BCUT2D eigenvalue weighted by atomic mass is 32.2. The third-order valence-corrected chi connectivity index (χ3v) is 5.05. The van der Waals surface area contributed by atoms with Crippen molar-refractivity contribution in [3.63, 3.8) is 0 Å². The second kappa shape index (κ2) is 9.54. The molecule has 142 valence electrons. The van der Waals surface area contributed by atoms with E-state index < -0.39 is 11.0 Å². The number of urea groups is 1. The highest BCUT2D eigenvalue weighted by molar-refractivity contribution is 8.13. The van der Waals surface area contributed by atoms with Gasteiger partial charge in [0.25, 0.3) is 5.69 Å². The molecule has 0 bridgehead atoms. The number of benzene rings is 1. The lowest BCUT2D eigenvalue weighted by Gasteiger charge is -2.39. The van der Waals surface area contributed by atoms with Gasteiger partial charge >= 0.3 is 6.03 Å². The maximum absolute atomic E-state index is 12.6. The van der Waals surface area contributed by atoms with Gasteiger partial charge in [-0.15, -0.1) is 0 Å². The fourth-order valence-electron chi connectivity index (χ4n) is 2.63. The van der Waals surface area contributed by atoms with Crippen LogP contribution in [0.1, 0.15) is 33.1 Å². The van der Waals surface area contributed by atoms with Crippen LogP contribution in [-0.2, 0) is 9.63 Å². The summed E-state index contributed by atoms with van der Waals surface area (Å²) >= 11 is 1.000. The number of carbonyl (C=O) groups excluding carboxylic acids is 2. The van der Waals surface area contributed by atoms with E-state index in [-0.39, 0.29) is 16.8 Å². The molecule has 0 spiro atoms. The number of thioether (sulfide) groups is 1. The Hall–Kier alpha value is -2.13. The maximum Gasteiger partial charge on any atom is 0.344 e. The lowest BCUT2D eigenvalue weighted by atomic mass is 10.1. The molecule has 26 heavy (non-hydrogen) atoms. The van der Waals surface area contributed by atoms with Crippen LogP contribution in [-0.4, -0.2) is 51.8 Å². The SMILES string of the molecule is CCCCON1CC[C@@H](C(=O)Sc2ccc([N+](=O)[O-])cc2)N(CC)C1=O. The van der Waals surface area contributed by atoms with Gasteiger partial charge in [0.05, 0.1) is 18.1 Å². The molecule has 0 radical (unpaired) electrons. The third kappa shape index (κ3) is 4.95. The van der Waals surface area contributed by atoms with Gasteiger partial charge in [0.1, 0.15) is 6.04 Å². The molecule has 8 nitrogen and oxygen atoms in total. The van der Waals surface area contributed by atoms with E-state index in [2.05, 4.69) is 0 Å². The second-order valence-electron chi connectivity index (χ2n) is 5.83. The van der Waals surface area contributed by atoms with Crippen molar-refractivity contribution in [1.29, 1.82) is 0 Å². The zero-order valence-electron chi connectivity index (χ0n) is 14.9. The molecule has 0 aromatic heterocycles. The van der Waals surface area contributed by atoms with Crippen molar-refractivity contribution in [1.82, 2.24) is 9.96 Å². The first-order valence-electron chi connectivity index (χ1n) is 8.65. The number of rotatable bonds is 8. The number of non-ortho nitro benzene ring substituents is 1. The summed E-state index contributed by atoms with van der Waals surface area (Å²) in [4.78, 5) is 43.0. The van der Waals surface area contributed by atoms with Gasteiger partial charge in [-0.2, -0.15) is 0 Å². The van der Waals surface area contributed by atoms with Gasteiger partial charge in [0.2, 0.25) is 5.12 Å². The number of likely N-dealkylation sites (N-methyl/N-ethyl adjacent to an activating group) is 1. The Labute approximate surface area is 156 Å². The number of carbonyl (C=O) groups is 2. The minimum Gasteiger partial charge on any atom is -0.312 e. The van der Waals surface area contributed by atoms with E-state index in [4.69, 9.17) is 4.84 Å². The van der Waals surface area contributed by atoms with E-state index in [9.17, 15) is 19.7 Å². The van der Waals surface area contributed by atoms with Crippen LogP contribution in [0.3, 0.4) is 0 Å². The summed E-state index contributed by atoms with van der Waals surface area (Å²) in [7, 11) is 0. The van der Waals surface area contributed by atoms with E-state index in [1.807, 2.05) is 13.8 Å². The summed E-state index contributed by atoms with van der Waals surface area (Å²) in [5.74, 6) is 0. The van der Waals surface area contributed by atoms with E-state index in [0.717, 1.165) is 24.6 Å². The van der Waals surface area contributed by atoms with Gasteiger partial charge in [-0.1, -0.05) is 13.3 Å². The molecular formula is C17H23N3O5S. The Bertz CT molecular complexity index is 652. The second-order valence-corrected chi connectivity index (χ2v) is 6.91. The molecule has 0 N–H and O–H groups in total. The molecule has 1 heterocycles. The number of hydroxylamine groups is 2. The van der Waals surface area contributed by atoms with Crippen LogP contribution >= 0.6 is 11.8 Å².